The zero-order valence-corrected chi connectivity index (χ0v) is 13.0. The van der Waals surface area contributed by atoms with Gasteiger partial charge in [-0.3, -0.25) is 4.90 Å². The van der Waals surface area contributed by atoms with E-state index in [1.54, 1.807) is 0 Å². The van der Waals surface area contributed by atoms with E-state index in [0.717, 1.165) is 0 Å². The van der Waals surface area contributed by atoms with Crippen LogP contribution in [0.25, 0.3) is 0 Å². The van der Waals surface area contributed by atoms with Gasteiger partial charge in [-0.1, -0.05) is 0 Å². The summed E-state index contributed by atoms with van der Waals surface area (Å²) in [6, 6.07) is 1.72. The average molecular weight is 267 g/mol. The summed E-state index contributed by atoms with van der Waals surface area (Å²) < 4.78 is 0. The van der Waals surface area contributed by atoms with Crippen LogP contribution in [0.4, 0.5) is 0 Å². The molecule has 2 unspecified atom stereocenters. The van der Waals surface area contributed by atoms with Crippen LogP contribution in [0.2, 0.25) is 0 Å². The van der Waals surface area contributed by atoms with Crippen LogP contribution in [0.5, 0.6) is 0 Å². The number of likely N-dealkylation sites (tertiary alicyclic amines) is 1. The summed E-state index contributed by atoms with van der Waals surface area (Å²) in [5.41, 5.74) is 1.19. The minimum atomic E-state index is 0.424. The number of aromatic nitrogens is 1. The van der Waals surface area contributed by atoms with E-state index in [2.05, 4.69) is 49.8 Å². The molecule has 18 heavy (non-hydrogen) atoms. The van der Waals surface area contributed by atoms with E-state index in [1.807, 2.05) is 11.3 Å². The molecule has 1 saturated heterocycles. The van der Waals surface area contributed by atoms with Gasteiger partial charge in [0.25, 0.3) is 0 Å². The second-order valence-electron chi connectivity index (χ2n) is 5.65. The van der Waals surface area contributed by atoms with E-state index in [0.29, 0.717) is 18.1 Å². The number of nitrogens with one attached hydrogen (secondary N) is 1. The molecule has 4 heteroatoms. The minimum Gasteiger partial charge on any atom is -0.305 e. The molecule has 0 bridgehead atoms. The molecule has 1 aliphatic rings. The van der Waals surface area contributed by atoms with Crippen LogP contribution in [0.1, 0.15) is 48.8 Å². The number of rotatable bonds is 4. The van der Waals surface area contributed by atoms with Crippen molar-refractivity contribution in [2.24, 2.45) is 0 Å². The molecule has 1 fully saturated rings. The molecule has 1 aliphatic heterocycles. The van der Waals surface area contributed by atoms with Crippen molar-refractivity contribution in [3.05, 3.63) is 15.6 Å². The van der Waals surface area contributed by atoms with Crippen LogP contribution in [-0.4, -0.2) is 35.1 Å². The van der Waals surface area contributed by atoms with Gasteiger partial charge in [-0.25, -0.2) is 4.98 Å². The molecular formula is C14H25N3S. The first kappa shape index (κ1) is 14.0. The lowest BCUT2D eigenvalue weighted by Gasteiger charge is -2.22. The highest BCUT2D eigenvalue weighted by atomic mass is 32.1. The summed E-state index contributed by atoms with van der Waals surface area (Å²) in [6.07, 6.45) is 1.26. The van der Waals surface area contributed by atoms with Crippen molar-refractivity contribution < 1.29 is 0 Å². The smallest absolute Gasteiger partial charge is 0.0900 e. The first-order chi connectivity index (χ1) is 8.47. The molecule has 1 aromatic heterocycles. The Morgan fingerprint density at radius 3 is 2.56 bits per heavy atom. The molecule has 0 saturated carbocycles. The summed E-state index contributed by atoms with van der Waals surface area (Å²) in [5.74, 6) is 0. The Hall–Kier alpha value is -0.450. The lowest BCUT2D eigenvalue weighted by atomic mass is 10.2. The fourth-order valence-corrected chi connectivity index (χ4v) is 3.71. The quantitative estimate of drug-likeness (QED) is 0.909. The summed E-state index contributed by atoms with van der Waals surface area (Å²) in [4.78, 5) is 8.47. The van der Waals surface area contributed by atoms with Gasteiger partial charge in [0.15, 0.2) is 0 Å². The van der Waals surface area contributed by atoms with Gasteiger partial charge in [0.05, 0.1) is 10.7 Å². The molecule has 1 N–H and O–H groups in total. The van der Waals surface area contributed by atoms with E-state index in [4.69, 9.17) is 0 Å². The second-order valence-corrected chi connectivity index (χ2v) is 6.88. The Bertz CT molecular complexity index is 400. The van der Waals surface area contributed by atoms with Crippen molar-refractivity contribution in [2.45, 2.75) is 59.2 Å². The van der Waals surface area contributed by atoms with Crippen molar-refractivity contribution in [1.82, 2.24) is 15.2 Å². The Morgan fingerprint density at radius 1 is 1.33 bits per heavy atom. The number of hydrogen-bond donors (Lipinski definition) is 1. The maximum atomic E-state index is 4.52. The van der Waals surface area contributed by atoms with Gasteiger partial charge in [-0.15, -0.1) is 11.3 Å². The predicted octanol–water partition coefficient (Wildman–Crippen LogP) is 2.89. The van der Waals surface area contributed by atoms with E-state index >= 15 is 0 Å². The third-order valence-electron chi connectivity index (χ3n) is 3.77. The van der Waals surface area contributed by atoms with Crippen LogP contribution in [-0.2, 0) is 0 Å². The zero-order chi connectivity index (χ0) is 13.3. The van der Waals surface area contributed by atoms with Gasteiger partial charge >= 0.3 is 0 Å². The van der Waals surface area contributed by atoms with Gasteiger partial charge in [0.1, 0.15) is 0 Å². The third-order valence-corrected chi connectivity index (χ3v) is 5.02. The topological polar surface area (TPSA) is 28.2 Å². The molecule has 2 atom stereocenters. The lowest BCUT2D eigenvalue weighted by Crippen LogP contribution is -2.36. The second kappa shape index (κ2) is 5.68. The fraction of sp³-hybridized carbons (Fsp3) is 0.786. The van der Waals surface area contributed by atoms with E-state index in [9.17, 15) is 0 Å². The maximum Gasteiger partial charge on any atom is 0.0900 e. The Morgan fingerprint density at radius 2 is 2.06 bits per heavy atom. The van der Waals surface area contributed by atoms with E-state index in [-0.39, 0.29) is 0 Å². The summed E-state index contributed by atoms with van der Waals surface area (Å²) in [7, 11) is 0. The van der Waals surface area contributed by atoms with Crippen molar-refractivity contribution in [2.75, 3.05) is 13.1 Å². The average Bonchev–Trinajstić information content (AvgIpc) is 2.85. The monoisotopic (exact) mass is 267 g/mol. The number of hydrogen-bond acceptors (Lipinski definition) is 4. The summed E-state index contributed by atoms with van der Waals surface area (Å²) in [5, 5.41) is 4.94. The largest absolute Gasteiger partial charge is 0.305 e. The molecular weight excluding hydrogens is 242 g/mol. The van der Waals surface area contributed by atoms with Gasteiger partial charge in [0.2, 0.25) is 0 Å². The maximum absolute atomic E-state index is 4.52. The van der Waals surface area contributed by atoms with Gasteiger partial charge in [0, 0.05) is 29.5 Å². The Labute approximate surface area is 115 Å². The van der Waals surface area contributed by atoms with Crippen molar-refractivity contribution in [3.63, 3.8) is 0 Å². The van der Waals surface area contributed by atoms with Crippen molar-refractivity contribution in [3.8, 4) is 0 Å². The molecule has 0 amide bonds. The zero-order valence-electron chi connectivity index (χ0n) is 12.2. The summed E-state index contributed by atoms with van der Waals surface area (Å²) >= 11 is 1.83. The molecule has 0 aliphatic carbocycles. The van der Waals surface area contributed by atoms with Gasteiger partial charge < -0.3 is 5.32 Å². The van der Waals surface area contributed by atoms with Crippen LogP contribution in [0.3, 0.4) is 0 Å². The molecule has 102 valence electrons. The molecule has 2 heterocycles. The number of nitrogens with zero attached hydrogens (tertiary/aromatic N) is 2. The molecule has 2 rings (SSSR count). The predicted molar refractivity (Wildman–Crippen MR) is 78.3 cm³/mol. The van der Waals surface area contributed by atoms with Crippen LogP contribution < -0.4 is 5.32 Å². The standard InChI is InChI=1S/C14H25N3S/c1-9(2)17-7-6-13(8-17)16-11(4)14-10(3)15-12(5)18-14/h9,11,13,16H,6-8H2,1-5H3. The van der Waals surface area contributed by atoms with Crippen LogP contribution in [0.15, 0.2) is 0 Å². The van der Waals surface area contributed by atoms with Gasteiger partial charge in [-0.05, 0) is 47.6 Å². The highest BCUT2D eigenvalue weighted by molar-refractivity contribution is 7.11. The Kier molecular flexibility index (Phi) is 4.41. The third kappa shape index (κ3) is 3.11. The SMILES string of the molecule is Cc1nc(C)c(C(C)NC2CCN(C(C)C)C2)s1. The normalized spacial score (nSPS) is 22.9. The highest BCUT2D eigenvalue weighted by Gasteiger charge is 2.26. The Balaban J connectivity index is 1.92. The lowest BCUT2D eigenvalue weighted by molar-refractivity contribution is 0.266. The van der Waals surface area contributed by atoms with Crippen molar-refractivity contribution >= 4 is 11.3 Å². The first-order valence-electron chi connectivity index (χ1n) is 6.91. The number of thiazole rings is 1. The van der Waals surface area contributed by atoms with Crippen LogP contribution >= 0.6 is 11.3 Å². The fourth-order valence-electron chi connectivity index (χ4n) is 2.77. The number of aryl methyl sites for hydroxylation is 2. The minimum absolute atomic E-state index is 0.424. The molecule has 0 radical (unpaired) electrons. The molecule has 0 aromatic carbocycles. The van der Waals surface area contributed by atoms with E-state index in [1.165, 1.54) is 35.1 Å². The van der Waals surface area contributed by atoms with Crippen LogP contribution in [0, 0.1) is 13.8 Å². The highest BCUT2D eigenvalue weighted by Crippen LogP contribution is 2.26. The van der Waals surface area contributed by atoms with Crippen molar-refractivity contribution in [1.29, 1.82) is 0 Å². The molecule has 1 aromatic rings. The summed E-state index contributed by atoms with van der Waals surface area (Å²) in [6.45, 7) is 13.4. The van der Waals surface area contributed by atoms with E-state index < -0.39 is 0 Å². The first-order valence-corrected chi connectivity index (χ1v) is 7.73. The molecule has 0 spiro atoms. The van der Waals surface area contributed by atoms with Gasteiger partial charge in [-0.2, -0.15) is 0 Å². The molecule has 3 nitrogen and oxygen atoms in total.